The molecule has 3 atom stereocenters. The van der Waals surface area contributed by atoms with Crippen molar-refractivity contribution in [2.45, 2.75) is 95.7 Å². The maximum atomic E-state index is 12.8. The molecule has 1 aromatic carbocycles. The maximum Gasteiger partial charge on any atom is 0.410 e. The molecule has 206 valence electrons. The van der Waals surface area contributed by atoms with E-state index in [2.05, 4.69) is 68.0 Å². The van der Waals surface area contributed by atoms with Crippen molar-refractivity contribution in [1.82, 2.24) is 4.90 Å². The zero-order valence-electron chi connectivity index (χ0n) is 24.1. The molecule has 0 bridgehead atoms. The van der Waals surface area contributed by atoms with Gasteiger partial charge in [0.05, 0.1) is 18.6 Å². The molecule has 6 nitrogen and oxygen atoms in total. The maximum absolute atomic E-state index is 12.8. The van der Waals surface area contributed by atoms with E-state index in [-0.39, 0.29) is 23.3 Å². The van der Waals surface area contributed by atoms with Crippen LogP contribution < -0.4 is 9.47 Å². The van der Waals surface area contributed by atoms with Crippen molar-refractivity contribution >= 4 is 36.4 Å². The van der Waals surface area contributed by atoms with E-state index in [1.54, 1.807) is 19.1 Å². The lowest BCUT2D eigenvalue weighted by molar-refractivity contribution is 0.0110. The number of carbonyl (C=O) groups is 1. The van der Waals surface area contributed by atoms with Crippen LogP contribution in [-0.4, -0.2) is 57.8 Å². The van der Waals surface area contributed by atoms with Crippen molar-refractivity contribution in [1.29, 1.82) is 0 Å². The van der Waals surface area contributed by atoms with Crippen molar-refractivity contribution in [2.24, 2.45) is 0 Å². The molecule has 0 N–H and O–H groups in total. The number of hydrogen-bond acceptors (Lipinski definition) is 5. The lowest BCUT2D eigenvalue weighted by Gasteiger charge is -2.45. The second-order valence-corrected chi connectivity index (χ2v) is 17.9. The van der Waals surface area contributed by atoms with Crippen LogP contribution in [0.25, 0.3) is 6.08 Å². The van der Waals surface area contributed by atoms with Crippen LogP contribution in [0.2, 0.25) is 18.1 Å². The summed E-state index contributed by atoms with van der Waals surface area (Å²) in [6.07, 6.45) is 7.27. The van der Waals surface area contributed by atoms with Gasteiger partial charge in [-0.05, 0) is 74.4 Å². The first-order valence-electron chi connectivity index (χ1n) is 13.0. The molecule has 8 heteroatoms. The molecular formula is C29H44BrNO5Si. The van der Waals surface area contributed by atoms with Gasteiger partial charge >= 0.3 is 6.09 Å². The molecule has 0 saturated heterocycles. The number of fused-ring (bicyclic) bond motifs is 3. The van der Waals surface area contributed by atoms with Gasteiger partial charge in [0, 0.05) is 19.2 Å². The fraction of sp³-hybridized carbons (Fsp3) is 0.621. The van der Waals surface area contributed by atoms with Gasteiger partial charge in [0.2, 0.25) is 0 Å². The monoisotopic (exact) mass is 593 g/mol. The quantitative estimate of drug-likeness (QED) is 0.240. The van der Waals surface area contributed by atoms with Crippen LogP contribution in [0, 0.1) is 0 Å². The van der Waals surface area contributed by atoms with E-state index in [0.29, 0.717) is 18.7 Å². The number of carbonyl (C=O) groups excluding carboxylic acids is 1. The van der Waals surface area contributed by atoms with Gasteiger partial charge in [-0.25, -0.2) is 4.79 Å². The Labute approximate surface area is 232 Å². The van der Waals surface area contributed by atoms with Crippen molar-refractivity contribution in [3.63, 3.8) is 0 Å². The number of methoxy groups -OCH3 is 1. The summed E-state index contributed by atoms with van der Waals surface area (Å²) < 4.78 is 25.2. The van der Waals surface area contributed by atoms with Crippen LogP contribution in [-0.2, 0) is 14.6 Å². The van der Waals surface area contributed by atoms with Gasteiger partial charge in [-0.2, -0.15) is 0 Å². The minimum absolute atomic E-state index is 0.0702. The summed E-state index contributed by atoms with van der Waals surface area (Å²) in [6.45, 7) is 17.5. The van der Waals surface area contributed by atoms with Crippen LogP contribution in [0.4, 0.5) is 4.79 Å². The Morgan fingerprint density at radius 2 is 1.92 bits per heavy atom. The van der Waals surface area contributed by atoms with Gasteiger partial charge in [0.25, 0.3) is 0 Å². The molecule has 1 amide bonds. The molecule has 1 aromatic rings. The number of rotatable bonds is 7. The third-order valence-corrected chi connectivity index (χ3v) is 12.5. The van der Waals surface area contributed by atoms with Gasteiger partial charge in [0.15, 0.2) is 19.8 Å². The van der Waals surface area contributed by atoms with E-state index in [1.165, 1.54) is 0 Å². The van der Waals surface area contributed by atoms with Crippen LogP contribution in [0.5, 0.6) is 11.5 Å². The molecule has 0 spiro atoms. The van der Waals surface area contributed by atoms with Gasteiger partial charge in [-0.15, -0.1) is 0 Å². The van der Waals surface area contributed by atoms with Crippen molar-refractivity contribution in [3.8, 4) is 11.5 Å². The first-order valence-corrected chi connectivity index (χ1v) is 16.8. The molecule has 0 saturated carbocycles. The van der Waals surface area contributed by atoms with E-state index in [9.17, 15) is 4.79 Å². The van der Waals surface area contributed by atoms with Gasteiger partial charge in [-0.1, -0.05) is 54.9 Å². The van der Waals surface area contributed by atoms with Crippen molar-refractivity contribution in [2.75, 3.05) is 20.7 Å². The zero-order chi connectivity index (χ0) is 27.8. The first kappa shape index (κ1) is 29.8. The average Bonchev–Trinajstić information content (AvgIpc) is 3.12. The average molecular weight is 595 g/mol. The van der Waals surface area contributed by atoms with Crippen molar-refractivity contribution < 1.29 is 23.4 Å². The molecule has 0 radical (unpaired) electrons. The third-order valence-electron chi connectivity index (χ3n) is 7.77. The molecule has 0 unspecified atom stereocenters. The van der Waals surface area contributed by atoms with E-state index in [4.69, 9.17) is 18.6 Å². The summed E-state index contributed by atoms with van der Waals surface area (Å²) in [5, 5.41) is 0.0702. The highest BCUT2D eigenvalue weighted by Gasteiger charge is 2.56. The highest BCUT2D eigenvalue weighted by molar-refractivity contribution is 9.11. The number of ether oxygens (including phenoxy) is 3. The topological polar surface area (TPSA) is 57.2 Å². The molecular weight excluding hydrogens is 550 g/mol. The molecule has 1 heterocycles. The number of benzene rings is 1. The predicted molar refractivity (Wildman–Crippen MR) is 156 cm³/mol. The van der Waals surface area contributed by atoms with Crippen LogP contribution in [0.1, 0.15) is 65.5 Å². The number of nitrogens with zero attached hydrogens (tertiary/aromatic N) is 1. The fourth-order valence-corrected chi connectivity index (χ4v) is 6.45. The standard InChI is InChI=1S/C29H44BrNO5Si/c1-27(2,3)35-26(32)31(7)19-17-29-16-11-12-22(36-37(9,10)28(4,5)6)25(29)34-24-21(33-8)14-13-20(15-18-30)23(24)29/h11,13-16,18,22,25H,12,17,19H2,1-10H3/b18-15-/t22-,25+,29-/m1/s1. The highest BCUT2D eigenvalue weighted by Crippen LogP contribution is 2.56. The Morgan fingerprint density at radius 1 is 1.24 bits per heavy atom. The zero-order valence-corrected chi connectivity index (χ0v) is 26.7. The lowest BCUT2D eigenvalue weighted by atomic mass is 9.68. The molecule has 2 aliphatic rings. The molecule has 37 heavy (non-hydrogen) atoms. The number of halogens is 1. The van der Waals surface area contributed by atoms with E-state index >= 15 is 0 Å². The summed E-state index contributed by atoms with van der Waals surface area (Å²) in [5.74, 6) is 1.46. The third kappa shape index (κ3) is 6.12. The Bertz CT molecular complexity index is 1060. The number of amides is 1. The first-order chi connectivity index (χ1) is 17.1. The Balaban J connectivity index is 2.07. The smallest absolute Gasteiger partial charge is 0.410 e. The van der Waals surface area contributed by atoms with Gasteiger partial charge in [-0.3, -0.25) is 0 Å². The van der Waals surface area contributed by atoms with E-state index in [1.807, 2.05) is 37.9 Å². The van der Waals surface area contributed by atoms with E-state index < -0.39 is 19.3 Å². The summed E-state index contributed by atoms with van der Waals surface area (Å²) in [5.41, 5.74) is 1.08. The van der Waals surface area contributed by atoms with Gasteiger partial charge in [0.1, 0.15) is 11.7 Å². The van der Waals surface area contributed by atoms with Crippen LogP contribution in [0.15, 0.2) is 29.3 Å². The van der Waals surface area contributed by atoms with Gasteiger partial charge < -0.3 is 23.5 Å². The van der Waals surface area contributed by atoms with Crippen LogP contribution in [0.3, 0.4) is 0 Å². The predicted octanol–water partition coefficient (Wildman–Crippen LogP) is 7.67. The summed E-state index contributed by atoms with van der Waals surface area (Å²) in [7, 11) is 1.38. The SMILES string of the molecule is COc1ccc(/C=C\Br)c2c1O[C@H]1[C@H](O[Si](C)(C)C(C)(C)C)CC=C[C@@]21CCN(C)C(=O)OC(C)(C)C. The number of hydrogen-bond donors (Lipinski definition) is 0. The Kier molecular flexibility index (Phi) is 8.67. The molecule has 3 rings (SSSR count). The second kappa shape index (κ2) is 10.8. The summed E-state index contributed by atoms with van der Waals surface area (Å²) in [6, 6.07) is 4.01. The minimum Gasteiger partial charge on any atom is -0.493 e. The lowest BCUT2D eigenvalue weighted by Crippen LogP contribution is -2.54. The molecule has 0 aromatic heterocycles. The Morgan fingerprint density at radius 3 is 2.49 bits per heavy atom. The highest BCUT2D eigenvalue weighted by atomic mass is 79.9. The van der Waals surface area contributed by atoms with Crippen LogP contribution >= 0.6 is 15.9 Å². The molecule has 0 fully saturated rings. The Hall–Kier alpha value is -1.77. The van der Waals surface area contributed by atoms with Crippen molar-refractivity contribution in [3.05, 3.63) is 40.4 Å². The summed E-state index contributed by atoms with van der Waals surface area (Å²) >= 11 is 3.46. The van der Waals surface area contributed by atoms with E-state index in [0.717, 1.165) is 23.3 Å². The molecule has 1 aliphatic carbocycles. The second-order valence-electron chi connectivity index (χ2n) is 12.6. The molecule has 1 aliphatic heterocycles. The summed E-state index contributed by atoms with van der Waals surface area (Å²) in [4.78, 5) is 16.3. The fourth-order valence-electron chi connectivity index (χ4n) is 4.84. The largest absolute Gasteiger partial charge is 0.493 e. The minimum atomic E-state index is -2.08. The normalized spacial score (nSPS) is 23.4.